The predicted molar refractivity (Wildman–Crippen MR) is 67.0 cm³/mol. The number of carbonyl (C=O) groups excluding carboxylic acids is 2. The van der Waals surface area contributed by atoms with Gasteiger partial charge >= 0.3 is 0 Å². The van der Waals surface area contributed by atoms with Gasteiger partial charge in [0.05, 0.1) is 12.8 Å². The van der Waals surface area contributed by atoms with Crippen molar-refractivity contribution in [2.24, 2.45) is 9.98 Å². The van der Waals surface area contributed by atoms with Crippen LogP contribution in [-0.2, 0) is 9.59 Å². The molecule has 0 aromatic carbocycles. The van der Waals surface area contributed by atoms with Crippen LogP contribution in [0.3, 0.4) is 0 Å². The van der Waals surface area contributed by atoms with E-state index in [1.807, 2.05) is 0 Å². The summed E-state index contributed by atoms with van der Waals surface area (Å²) >= 11 is 0. The van der Waals surface area contributed by atoms with E-state index in [4.69, 9.17) is 0 Å². The molecule has 1 N–H and O–H groups in total. The largest absolute Gasteiger partial charge is 0.346 e. The Labute approximate surface area is 99.3 Å². The summed E-state index contributed by atoms with van der Waals surface area (Å²) in [5.74, 6) is -0.575. The van der Waals surface area contributed by atoms with Gasteiger partial charge in [-0.25, -0.2) is 4.99 Å². The topological polar surface area (TPSA) is 70.9 Å². The van der Waals surface area contributed by atoms with Crippen LogP contribution in [0.4, 0.5) is 0 Å². The molecular formula is C12H13N3O2. The van der Waals surface area contributed by atoms with Gasteiger partial charge in [0.25, 0.3) is 5.91 Å². The minimum atomic E-state index is -0.328. The van der Waals surface area contributed by atoms with Crippen LogP contribution in [0.25, 0.3) is 0 Å². The van der Waals surface area contributed by atoms with Crippen LogP contribution in [0.1, 0.15) is 6.42 Å². The second-order valence-corrected chi connectivity index (χ2v) is 3.09. The van der Waals surface area contributed by atoms with E-state index in [2.05, 4.69) is 15.3 Å². The molecule has 0 unspecified atom stereocenters. The van der Waals surface area contributed by atoms with Crippen LogP contribution in [0.15, 0.2) is 46.6 Å². The lowest BCUT2D eigenvalue weighted by molar-refractivity contribution is -0.117. The number of allylic oxidation sites excluding steroid dienone is 4. The van der Waals surface area contributed by atoms with E-state index in [1.165, 1.54) is 12.4 Å². The Balaban J connectivity index is 2.66. The van der Waals surface area contributed by atoms with Crippen LogP contribution in [0.5, 0.6) is 0 Å². The van der Waals surface area contributed by atoms with Crippen molar-refractivity contribution in [1.82, 2.24) is 5.32 Å². The SMILES string of the molecule is O=C1C\C=C/C=C\C=C/N=CC(=O)NCC=N1. The molecule has 0 aromatic rings. The summed E-state index contributed by atoms with van der Waals surface area (Å²) < 4.78 is 0. The Morgan fingerprint density at radius 1 is 1.12 bits per heavy atom. The maximum Gasteiger partial charge on any atom is 0.262 e. The fourth-order valence-electron chi connectivity index (χ4n) is 0.978. The highest BCUT2D eigenvalue weighted by molar-refractivity contribution is 6.26. The van der Waals surface area contributed by atoms with Gasteiger partial charge < -0.3 is 5.32 Å². The van der Waals surface area contributed by atoms with Crippen molar-refractivity contribution in [2.75, 3.05) is 6.54 Å². The summed E-state index contributed by atoms with van der Waals surface area (Å²) in [7, 11) is 0. The Morgan fingerprint density at radius 3 is 2.82 bits per heavy atom. The zero-order valence-corrected chi connectivity index (χ0v) is 9.24. The molecule has 88 valence electrons. The van der Waals surface area contributed by atoms with Gasteiger partial charge in [0.1, 0.15) is 0 Å². The first-order valence-corrected chi connectivity index (χ1v) is 5.14. The van der Waals surface area contributed by atoms with E-state index < -0.39 is 0 Å². The summed E-state index contributed by atoms with van der Waals surface area (Å²) in [4.78, 5) is 29.7. The number of carbonyl (C=O) groups is 2. The third-order valence-corrected chi connectivity index (χ3v) is 1.73. The van der Waals surface area contributed by atoms with Crippen LogP contribution in [0.2, 0.25) is 0 Å². The molecule has 0 spiro atoms. The molecule has 1 aliphatic rings. The van der Waals surface area contributed by atoms with Gasteiger partial charge in [-0.15, -0.1) is 0 Å². The van der Waals surface area contributed by atoms with Gasteiger partial charge in [-0.3, -0.25) is 14.6 Å². The maximum atomic E-state index is 11.2. The van der Waals surface area contributed by atoms with Crippen molar-refractivity contribution < 1.29 is 9.59 Å². The average Bonchev–Trinajstić information content (AvgIpc) is 2.32. The van der Waals surface area contributed by atoms with Gasteiger partial charge in [0, 0.05) is 18.8 Å². The number of nitrogens with zero attached hydrogens (tertiary/aromatic N) is 2. The van der Waals surface area contributed by atoms with Crippen molar-refractivity contribution in [3.05, 3.63) is 36.6 Å². The fraction of sp³-hybridized carbons (Fsp3) is 0.167. The zero-order chi connectivity index (χ0) is 12.3. The number of hydrogen-bond donors (Lipinski definition) is 1. The Hall–Kier alpha value is -2.30. The molecule has 2 amide bonds. The van der Waals surface area contributed by atoms with Crippen LogP contribution < -0.4 is 5.32 Å². The summed E-state index contributed by atoms with van der Waals surface area (Å²) in [5.41, 5.74) is 0. The third-order valence-electron chi connectivity index (χ3n) is 1.73. The smallest absolute Gasteiger partial charge is 0.262 e. The van der Waals surface area contributed by atoms with Crippen LogP contribution in [-0.4, -0.2) is 30.8 Å². The summed E-state index contributed by atoms with van der Waals surface area (Å²) in [6, 6.07) is 0. The Bertz CT molecular complexity index is 417. The molecule has 0 saturated carbocycles. The second-order valence-electron chi connectivity index (χ2n) is 3.09. The Morgan fingerprint density at radius 2 is 1.94 bits per heavy atom. The van der Waals surface area contributed by atoms with E-state index >= 15 is 0 Å². The van der Waals surface area contributed by atoms with E-state index in [-0.39, 0.29) is 24.8 Å². The molecule has 0 bridgehead atoms. The third kappa shape index (κ3) is 6.72. The van der Waals surface area contributed by atoms with E-state index in [0.717, 1.165) is 6.21 Å². The summed E-state index contributed by atoms with van der Waals surface area (Å²) in [5, 5.41) is 2.51. The quantitative estimate of drug-likeness (QED) is 0.669. The molecular weight excluding hydrogens is 218 g/mol. The molecule has 0 radical (unpaired) electrons. The molecule has 0 aromatic heterocycles. The average molecular weight is 231 g/mol. The first-order valence-electron chi connectivity index (χ1n) is 5.14. The minimum absolute atomic E-state index is 0.211. The van der Waals surface area contributed by atoms with E-state index in [9.17, 15) is 9.59 Å². The lowest BCUT2D eigenvalue weighted by Crippen LogP contribution is -2.26. The molecule has 5 heteroatoms. The second kappa shape index (κ2) is 7.92. The predicted octanol–water partition coefficient (Wildman–Crippen LogP) is 0.801. The maximum absolute atomic E-state index is 11.2. The Kier molecular flexibility index (Phi) is 5.95. The molecule has 1 heterocycles. The number of rotatable bonds is 0. The highest BCUT2D eigenvalue weighted by atomic mass is 16.2. The normalized spacial score (nSPS) is 23.3. The zero-order valence-electron chi connectivity index (χ0n) is 9.24. The molecule has 5 nitrogen and oxygen atoms in total. The van der Waals surface area contributed by atoms with Gasteiger partial charge in [0.15, 0.2) is 0 Å². The lowest BCUT2D eigenvalue weighted by atomic mass is 10.3. The molecule has 0 aliphatic carbocycles. The van der Waals surface area contributed by atoms with Gasteiger partial charge in [-0.1, -0.05) is 24.3 Å². The van der Waals surface area contributed by atoms with Crippen molar-refractivity contribution in [2.45, 2.75) is 6.42 Å². The minimum Gasteiger partial charge on any atom is -0.346 e. The number of aliphatic imine (C=N–C) groups is 2. The molecule has 17 heavy (non-hydrogen) atoms. The first-order chi connectivity index (χ1) is 8.29. The monoisotopic (exact) mass is 231 g/mol. The molecule has 0 fully saturated rings. The van der Waals surface area contributed by atoms with Gasteiger partial charge in [-0.2, -0.15) is 0 Å². The highest BCUT2D eigenvalue weighted by Crippen LogP contribution is 1.89. The number of hydrogen-bond acceptors (Lipinski definition) is 3. The van der Waals surface area contributed by atoms with Crippen LogP contribution in [0, 0.1) is 0 Å². The van der Waals surface area contributed by atoms with Gasteiger partial charge in [-0.05, 0) is 6.08 Å². The van der Waals surface area contributed by atoms with Crippen molar-refractivity contribution >= 4 is 24.2 Å². The van der Waals surface area contributed by atoms with Crippen molar-refractivity contribution in [3.8, 4) is 0 Å². The van der Waals surface area contributed by atoms with E-state index in [1.54, 1.807) is 30.4 Å². The summed E-state index contributed by atoms with van der Waals surface area (Å²) in [6.45, 7) is 0.211. The van der Waals surface area contributed by atoms with Crippen molar-refractivity contribution in [1.29, 1.82) is 0 Å². The van der Waals surface area contributed by atoms with Crippen LogP contribution >= 0.6 is 0 Å². The first kappa shape index (κ1) is 12.8. The van der Waals surface area contributed by atoms with Crippen molar-refractivity contribution in [3.63, 3.8) is 0 Å². The van der Waals surface area contributed by atoms with Gasteiger partial charge in [0.2, 0.25) is 5.91 Å². The highest BCUT2D eigenvalue weighted by Gasteiger charge is 1.94. The lowest BCUT2D eigenvalue weighted by Gasteiger charge is -1.94. The molecule has 0 atom stereocenters. The number of nitrogens with one attached hydrogen (secondary N) is 1. The summed E-state index contributed by atoms with van der Waals surface area (Å²) in [6.07, 6.45) is 12.9. The molecule has 1 aliphatic heterocycles. The standard InChI is InChI=1S/C12H13N3O2/c16-11-6-4-2-1-3-5-7-13-10-12(17)15-9-8-14-11/h1-5,7-8,10H,6,9H2,(H,15,17)/b3-1-,4-2-,7-5-,13-10?,14-8?. The van der Waals surface area contributed by atoms with E-state index in [0.29, 0.717) is 0 Å². The number of amides is 2. The fourth-order valence-corrected chi connectivity index (χ4v) is 0.978. The molecule has 1 rings (SSSR count). The molecule has 0 saturated heterocycles.